The number of hydrogen-bond acceptors (Lipinski definition) is 2. The van der Waals surface area contributed by atoms with Gasteiger partial charge in [0.2, 0.25) is 0 Å². The molecule has 1 aromatic carbocycles. The van der Waals surface area contributed by atoms with E-state index in [1.165, 1.54) is 6.07 Å². The highest BCUT2D eigenvalue weighted by Crippen LogP contribution is 2.18. The van der Waals surface area contributed by atoms with Crippen LogP contribution in [0.5, 0.6) is 0 Å². The number of rotatable bonds is 5. The van der Waals surface area contributed by atoms with Gasteiger partial charge < -0.3 is 0 Å². The lowest BCUT2D eigenvalue weighted by Gasteiger charge is -2.22. The average Bonchev–Trinajstić information content (AvgIpc) is 2.23. The highest BCUT2D eigenvalue weighted by Gasteiger charge is 2.15. The van der Waals surface area contributed by atoms with E-state index in [2.05, 4.69) is 35.2 Å². The maximum absolute atomic E-state index is 13.2. The Morgan fingerprint density at radius 1 is 1.44 bits per heavy atom. The lowest BCUT2D eigenvalue weighted by Crippen LogP contribution is -2.41. The van der Waals surface area contributed by atoms with Crippen molar-refractivity contribution >= 4 is 15.9 Å². The molecule has 1 aromatic rings. The first-order chi connectivity index (χ1) is 7.56. The van der Waals surface area contributed by atoms with Gasteiger partial charge in [-0.2, -0.15) is 0 Å². The minimum absolute atomic E-state index is 0.179. The van der Waals surface area contributed by atoms with Crippen LogP contribution in [0.4, 0.5) is 4.39 Å². The summed E-state index contributed by atoms with van der Waals surface area (Å²) in [5, 5.41) is 0. The third kappa shape index (κ3) is 3.85. The third-order valence-electron chi connectivity index (χ3n) is 2.92. The van der Waals surface area contributed by atoms with Crippen molar-refractivity contribution in [3.63, 3.8) is 0 Å². The fourth-order valence-electron chi connectivity index (χ4n) is 1.69. The van der Waals surface area contributed by atoms with Crippen molar-refractivity contribution < 1.29 is 4.39 Å². The average molecular weight is 289 g/mol. The molecule has 0 aliphatic carbocycles. The SMILES string of the molecule is CCC(C)C(Cc1cc(F)cc(Br)c1)NN. The lowest BCUT2D eigenvalue weighted by molar-refractivity contribution is 0.369. The monoisotopic (exact) mass is 288 g/mol. The minimum Gasteiger partial charge on any atom is -0.271 e. The van der Waals surface area contributed by atoms with Gasteiger partial charge >= 0.3 is 0 Å². The zero-order chi connectivity index (χ0) is 12.1. The highest BCUT2D eigenvalue weighted by molar-refractivity contribution is 9.10. The van der Waals surface area contributed by atoms with Crippen molar-refractivity contribution in [2.45, 2.75) is 32.7 Å². The summed E-state index contributed by atoms with van der Waals surface area (Å²) in [5.74, 6) is 5.76. The molecule has 0 aromatic heterocycles. The van der Waals surface area contributed by atoms with Gasteiger partial charge in [0, 0.05) is 10.5 Å². The lowest BCUT2D eigenvalue weighted by atomic mass is 9.93. The first-order valence-corrected chi connectivity index (χ1v) is 6.27. The number of hydrogen-bond donors (Lipinski definition) is 2. The Hall–Kier alpha value is -0.450. The maximum atomic E-state index is 13.2. The molecular formula is C12H18BrFN2. The number of hydrazine groups is 1. The van der Waals surface area contributed by atoms with E-state index in [0.29, 0.717) is 5.92 Å². The van der Waals surface area contributed by atoms with Gasteiger partial charge in [-0.15, -0.1) is 0 Å². The van der Waals surface area contributed by atoms with Gasteiger partial charge in [-0.05, 0) is 36.1 Å². The smallest absolute Gasteiger partial charge is 0.124 e. The summed E-state index contributed by atoms with van der Waals surface area (Å²) in [6, 6.07) is 5.11. The van der Waals surface area contributed by atoms with E-state index in [1.807, 2.05) is 6.07 Å². The molecule has 3 N–H and O–H groups in total. The summed E-state index contributed by atoms with van der Waals surface area (Å²) in [5.41, 5.74) is 3.76. The molecule has 90 valence electrons. The molecule has 0 heterocycles. The van der Waals surface area contributed by atoms with Crippen LogP contribution >= 0.6 is 15.9 Å². The molecule has 1 rings (SSSR count). The van der Waals surface area contributed by atoms with E-state index < -0.39 is 0 Å². The van der Waals surface area contributed by atoms with Crippen molar-refractivity contribution in [2.24, 2.45) is 11.8 Å². The molecule has 2 nitrogen and oxygen atoms in total. The molecule has 0 saturated heterocycles. The fourth-order valence-corrected chi connectivity index (χ4v) is 2.20. The van der Waals surface area contributed by atoms with E-state index in [9.17, 15) is 4.39 Å². The third-order valence-corrected chi connectivity index (χ3v) is 3.38. The molecule has 0 amide bonds. The summed E-state index contributed by atoms with van der Waals surface area (Å²) in [6.45, 7) is 4.26. The number of benzene rings is 1. The van der Waals surface area contributed by atoms with Crippen molar-refractivity contribution in [1.29, 1.82) is 0 Å². The molecule has 0 radical (unpaired) electrons. The normalized spacial score (nSPS) is 14.8. The predicted molar refractivity (Wildman–Crippen MR) is 68.4 cm³/mol. The van der Waals surface area contributed by atoms with Crippen molar-refractivity contribution in [2.75, 3.05) is 0 Å². The Morgan fingerprint density at radius 3 is 2.62 bits per heavy atom. The number of halogens is 2. The van der Waals surface area contributed by atoms with Crippen LogP contribution in [0.2, 0.25) is 0 Å². The molecule has 4 heteroatoms. The van der Waals surface area contributed by atoms with Crippen LogP contribution in [-0.2, 0) is 6.42 Å². The summed E-state index contributed by atoms with van der Waals surface area (Å²) < 4.78 is 13.9. The number of nitrogens with one attached hydrogen (secondary N) is 1. The van der Waals surface area contributed by atoms with Crippen molar-refractivity contribution in [3.8, 4) is 0 Å². The Kier molecular flexibility index (Phi) is 5.38. The summed E-state index contributed by atoms with van der Waals surface area (Å²) >= 11 is 3.29. The summed E-state index contributed by atoms with van der Waals surface area (Å²) in [7, 11) is 0. The van der Waals surface area contributed by atoms with Gasteiger partial charge in [-0.25, -0.2) is 4.39 Å². The molecule has 0 saturated carbocycles. The topological polar surface area (TPSA) is 38.0 Å². The molecule has 2 unspecified atom stereocenters. The zero-order valence-corrected chi connectivity index (χ0v) is 11.2. The number of nitrogens with two attached hydrogens (primary N) is 1. The Bertz CT molecular complexity index is 324. The molecule has 0 aliphatic heterocycles. The minimum atomic E-state index is -0.218. The van der Waals surface area contributed by atoms with Crippen LogP contribution in [0.3, 0.4) is 0 Å². The summed E-state index contributed by atoms with van der Waals surface area (Å²) in [4.78, 5) is 0. The van der Waals surface area contributed by atoms with Crippen LogP contribution in [-0.4, -0.2) is 6.04 Å². The van der Waals surface area contributed by atoms with E-state index in [-0.39, 0.29) is 11.9 Å². The van der Waals surface area contributed by atoms with Gasteiger partial charge in [-0.3, -0.25) is 11.3 Å². The van der Waals surface area contributed by atoms with E-state index in [4.69, 9.17) is 5.84 Å². The van der Waals surface area contributed by atoms with Crippen LogP contribution in [0, 0.1) is 11.7 Å². The molecule has 0 bridgehead atoms. The van der Waals surface area contributed by atoms with Crippen LogP contribution < -0.4 is 11.3 Å². The van der Waals surface area contributed by atoms with Crippen molar-refractivity contribution in [1.82, 2.24) is 5.43 Å². The van der Waals surface area contributed by atoms with Gasteiger partial charge in [0.05, 0.1) is 0 Å². The first-order valence-electron chi connectivity index (χ1n) is 5.48. The Morgan fingerprint density at radius 2 is 2.12 bits per heavy atom. The van der Waals surface area contributed by atoms with Gasteiger partial charge in [0.1, 0.15) is 5.82 Å². The standard InChI is InChI=1S/C12H18BrFN2/c1-3-8(2)12(16-15)6-9-4-10(13)7-11(14)5-9/h4-5,7-8,12,16H,3,6,15H2,1-2H3. The second-order valence-corrected chi connectivity index (χ2v) is 5.06. The zero-order valence-electron chi connectivity index (χ0n) is 9.63. The van der Waals surface area contributed by atoms with Crippen LogP contribution in [0.15, 0.2) is 22.7 Å². The van der Waals surface area contributed by atoms with Gasteiger partial charge in [0.25, 0.3) is 0 Å². The van der Waals surface area contributed by atoms with Crippen LogP contribution in [0.25, 0.3) is 0 Å². The second-order valence-electron chi connectivity index (χ2n) is 4.14. The molecule has 16 heavy (non-hydrogen) atoms. The van der Waals surface area contributed by atoms with Crippen molar-refractivity contribution in [3.05, 3.63) is 34.1 Å². The largest absolute Gasteiger partial charge is 0.271 e. The first kappa shape index (κ1) is 13.6. The summed E-state index contributed by atoms with van der Waals surface area (Å²) in [6.07, 6.45) is 1.78. The molecule has 0 aliphatic rings. The Balaban J connectivity index is 2.77. The molecule has 0 fully saturated rings. The quantitative estimate of drug-likeness (QED) is 0.646. The molecular weight excluding hydrogens is 271 g/mol. The molecule has 2 atom stereocenters. The molecule has 0 spiro atoms. The van der Waals surface area contributed by atoms with Gasteiger partial charge in [0.15, 0.2) is 0 Å². The maximum Gasteiger partial charge on any atom is 0.124 e. The van der Waals surface area contributed by atoms with E-state index in [1.54, 1.807) is 6.07 Å². The van der Waals surface area contributed by atoms with Gasteiger partial charge in [-0.1, -0.05) is 36.2 Å². The van der Waals surface area contributed by atoms with E-state index in [0.717, 1.165) is 22.9 Å². The van der Waals surface area contributed by atoms with E-state index >= 15 is 0 Å². The van der Waals surface area contributed by atoms with Crippen LogP contribution in [0.1, 0.15) is 25.8 Å². The fraction of sp³-hybridized carbons (Fsp3) is 0.500. The predicted octanol–water partition coefficient (Wildman–Crippen LogP) is 3.01. The Labute approximate surface area is 105 Å². The second kappa shape index (κ2) is 6.33. The highest BCUT2D eigenvalue weighted by atomic mass is 79.9.